The third kappa shape index (κ3) is 18.5. The van der Waals surface area contributed by atoms with Crippen LogP contribution in [0.1, 0.15) is 37.7 Å². The van der Waals surface area contributed by atoms with E-state index in [4.69, 9.17) is 27.4 Å². The standard InChI is InChI=1S/C15H26N2.3F2/c1-14-10-6-7-11-15(14)17-13-9-5-3-4-8-12-16-2;3*1-2/h6-7,10-11,16-17H,3-5,8-9,12-13H2,1-2H3;;;. The Morgan fingerprint density at radius 2 is 1.22 bits per heavy atom. The summed E-state index contributed by atoms with van der Waals surface area (Å²) in [5.41, 5.74) is 2.62. The summed E-state index contributed by atoms with van der Waals surface area (Å²) in [6.45, 7) is 4.40. The smallest absolute Gasteiger partial charge is 0.0369 e. The summed E-state index contributed by atoms with van der Waals surface area (Å²) >= 11 is 0. The number of aryl methyl sites for hydroxylation is 1. The summed E-state index contributed by atoms with van der Waals surface area (Å²) in [6, 6.07) is 8.48. The fourth-order valence-electron chi connectivity index (χ4n) is 1.95. The Hall–Kier alpha value is -1.44. The van der Waals surface area contributed by atoms with Crippen LogP contribution in [0.2, 0.25) is 0 Å². The zero-order chi connectivity index (χ0) is 18.3. The van der Waals surface area contributed by atoms with Gasteiger partial charge < -0.3 is 10.6 Å². The lowest BCUT2D eigenvalue weighted by Gasteiger charge is -2.08. The topological polar surface area (TPSA) is 24.1 Å². The molecule has 0 aliphatic rings. The molecule has 0 amide bonds. The largest absolute Gasteiger partial charge is 0.385 e. The third-order valence-corrected chi connectivity index (χ3v) is 3.06. The van der Waals surface area contributed by atoms with Crippen molar-refractivity contribution in [3.63, 3.8) is 0 Å². The fourth-order valence-corrected chi connectivity index (χ4v) is 1.95. The van der Waals surface area contributed by atoms with Crippen LogP contribution >= 0.6 is 0 Å². The lowest BCUT2D eigenvalue weighted by molar-refractivity contribution is 0.108. The summed E-state index contributed by atoms with van der Waals surface area (Å²) < 4.78 is 48.0. The number of halogens is 6. The highest BCUT2D eigenvalue weighted by molar-refractivity contribution is 5.49. The van der Waals surface area contributed by atoms with E-state index in [1.165, 1.54) is 43.4 Å². The molecule has 138 valence electrons. The molecule has 0 unspecified atom stereocenters. The lowest BCUT2D eigenvalue weighted by atomic mass is 10.1. The number of hydrogen-bond acceptors (Lipinski definition) is 2. The molecule has 0 saturated heterocycles. The minimum atomic E-state index is 1.09. The van der Waals surface area contributed by atoms with Gasteiger partial charge in [-0.2, -0.15) is 0 Å². The molecule has 0 saturated carbocycles. The summed E-state index contributed by atoms with van der Waals surface area (Å²) in [4.78, 5) is 0. The van der Waals surface area contributed by atoms with Crippen LogP contribution in [0.15, 0.2) is 24.3 Å². The SMILES string of the molecule is CNCCCCCCCNc1ccccc1C.FF.FF.FF. The van der Waals surface area contributed by atoms with Gasteiger partial charge in [0.1, 0.15) is 0 Å². The number of unbranched alkanes of at least 4 members (excludes halogenated alkanes) is 4. The van der Waals surface area contributed by atoms with Gasteiger partial charge in [-0.25, -0.2) is 0 Å². The molecular formula is C15H26F6N2. The molecule has 0 fully saturated rings. The first-order valence-electron chi connectivity index (χ1n) is 7.21. The average Bonchev–Trinajstić information content (AvgIpc) is 2.64. The van der Waals surface area contributed by atoms with E-state index in [0.717, 1.165) is 13.1 Å². The molecule has 0 atom stereocenters. The summed E-state index contributed by atoms with van der Waals surface area (Å²) in [5, 5.41) is 6.69. The Bertz CT molecular complexity index is 316. The van der Waals surface area contributed by atoms with Crippen molar-refractivity contribution in [1.82, 2.24) is 5.32 Å². The maximum absolute atomic E-state index is 8.00. The minimum Gasteiger partial charge on any atom is -0.385 e. The van der Waals surface area contributed by atoms with Gasteiger partial charge in [-0.1, -0.05) is 37.5 Å². The molecule has 0 aliphatic heterocycles. The van der Waals surface area contributed by atoms with Gasteiger partial charge in [0.25, 0.3) is 0 Å². The molecule has 23 heavy (non-hydrogen) atoms. The van der Waals surface area contributed by atoms with Crippen LogP contribution in [-0.2, 0) is 0 Å². The predicted octanol–water partition coefficient (Wildman–Crippen LogP) is 6.10. The summed E-state index contributed by atoms with van der Waals surface area (Å²) in [6.07, 6.45) is 6.63. The zero-order valence-electron chi connectivity index (χ0n) is 13.5. The number of nitrogens with one attached hydrogen (secondary N) is 2. The first-order chi connectivity index (χ1) is 11.3. The molecule has 0 bridgehead atoms. The van der Waals surface area contributed by atoms with Crippen LogP contribution in [-0.4, -0.2) is 20.1 Å². The van der Waals surface area contributed by atoms with Gasteiger partial charge in [0, 0.05) is 39.7 Å². The fraction of sp³-hybridized carbons (Fsp3) is 0.600. The molecular weight excluding hydrogens is 322 g/mol. The van der Waals surface area contributed by atoms with Gasteiger partial charge in [0.15, 0.2) is 0 Å². The molecule has 0 spiro atoms. The number of para-hydroxylation sites is 1. The van der Waals surface area contributed by atoms with Crippen molar-refractivity contribution in [2.24, 2.45) is 0 Å². The number of anilines is 1. The lowest BCUT2D eigenvalue weighted by Crippen LogP contribution is -2.07. The Labute approximate surface area is 133 Å². The molecule has 0 aromatic heterocycles. The summed E-state index contributed by atoms with van der Waals surface area (Å²) in [7, 11) is 2.02. The molecule has 1 aromatic carbocycles. The maximum atomic E-state index is 8.00. The van der Waals surface area contributed by atoms with Crippen LogP contribution in [0, 0.1) is 6.92 Å². The monoisotopic (exact) mass is 348 g/mol. The normalized spacial score (nSPS) is 8.52. The highest BCUT2D eigenvalue weighted by Gasteiger charge is 1.95. The van der Waals surface area contributed by atoms with E-state index in [9.17, 15) is 0 Å². The molecule has 1 rings (SSSR count). The molecule has 2 N–H and O–H groups in total. The van der Waals surface area contributed by atoms with Crippen molar-refractivity contribution in [3.8, 4) is 0 Å². The average molecular weight is 348 g/mol. The maximum Gasteiger partial charge on any atom is 0.0369 e. The highest BCUT2D eigenvalue weighted by atomic mass is 20.0. The van der Waals surface area contributed by atoms with E-state index >= 15 is 0 Å². The Morgan fingerprint density at radius 1 is 0.739 bits per heavy atom. The predicted molar refractivity (Wildman–Crippen MR) is 83.3 cm³/mol. The van der Waals surface area contributed by atoms with Crippen molar-refractivity contribution in [3.05, 3.63) is 29.8 Å². The van der Waals surface area contributed by atoms with Crippen LogP contribution in [0.5, 0.6) is 0 Å². The zero-order valence-corrected chi connectivity index (χ0v) is 13.5. The first-order valence-corrected chi connectivity index (χ1v) is 7.21. The second-order valence-corrected chi connectivity index (χ2v) is 4.61. The minimum absolute atomic E-state index is 1.09. The van der Waals surface area contributed by atoms with Gasteiger partial charge in [-0.05, 0) is 45.0 Å². The van der Waals surface area contributed by atoms with E-state index in [0.29, 0.717) is 0 Å². The first kappa shape index (κ1) is 26.5. The van der Waals surface area contributed by atoms with Crippen molar-refractivity contribution in [2.75, 3.05) is 25.5 Å². The van der Waals surface area contributed by atoms with Crippen LogP contribution in [0.3, 0.4) is 0 Å². The van der Waals surface area contributed by atoms with Gasteiger partial charge >= 0.3 is 0 Å². The highest BCUT2D eigenvalue weighted by Crippen LogP contribution is 2.13. The molecule has 0 heterocycles. The Balaban J connectivity index is -0.000000595. The van der Waals surface area contributed by atoms with Crippen LogP contribution < -0.4 is 10.6 Å². The van der Waals surface area contributed by atoms with Crippen molar-refractivity contribution < 1.29 is 27.4 Å². The van der Waals surface area contributed by atoms with Gasteiger partial charge in [-0.3, -0.25) is 0 Å². The number of benzene rings is 1. The van der Waals surface area contributed by atoms with E-state index in [1.807, 2.05) is 7.05 Å². The number of rotatable bonds is 9. The van der Waals surface area contributed by atoms with Crippen molar-refractivity contribution in [1.29, 1.82) is 0 Å². The van der Waals surface area contributed by atoms with Crippen LogP contribution in [0.4, 0.5) is 33.1 Å². The Morgan fingerprint density at radius 3 is 1.74 bits per heavy atom. The second kappa shape index (κ2) is 25.5. The molecule has 0 aliphatic carbocycles. The van der Waals surface area contributed by atoms with Crippen LogP contribution in [0.25, 0.3) is 0 Å². The Kier molecular flexibility index (Phi) is 29.3. The van der Waals surface area contributed by atoms with Gasteiger partial charge in [0.2, 0.25) is 0 Å². The van der Waals surface area contributed by atoms with Gasteiger partial charge in [-0.15, -0.1) is 0 Å². The second-order valence-electron chi connectivity index (χ2n) is 4.61. The van der Waals surface area contributed by atoms with E-state index in [2.05, 4.69) is 41.8 Å². The van der Waals surface area contributed by atoms with Crippen molar-refractivity contribution in [2.45, 2.75) is 39.0 Å². The van der Waals surface area contributed by atoms with E-state index < -0.39 is 0 Å². The van der Waals surface area contributed by atoms with E-state index in [1.54, 1.807) is 0 Å². The molecule has 1 aromatic rings. The number of hydrogen-bond donors (Lipinski definition) is 2. The molecule has 0 radical (unpaired) electrons. The van der Waals surface area contributed by atoms with Gasteiger partial charge in [0.05, 0.1) is 0 Å². The van der Waals surface area contributed by atoms with E-state index in [-0.39, 0.29) is 0 Å². The summed E-state index contributed by atoms with van der Waals surface area (Å²) in [5.74, 6) is 0. The molecule has 8 heteroatoms. The quantitative estimate of drug-likeness (QED) is 0.416. The third-order valence-electron chi connectivity index (χ3n) is 3.06. The van der Waals surface area contributed by atoms with Crippen molar-refractivity contribution >= 4 is 5.69 Å². The molecule has 2 nitrogen and oxygen atoms in total.